The summed E-state index contributed by atoms with van der Waals surface area (Å²) in [5.41, 5.74) is 1.81. The molecule has 0 aromatic heterocycles. The van der Waals surface area contributed by atoms with Crippen LogP contribution >= 0.6 is 11.6 Å². The molecule has 0 fully saturated rings. The van der Waals surface area contributed by atoms with Crippen LogP contribution in [0.4, 0.5) is 4.39 Å². The highest BCUT2D eigenvalue weighted by Crippen LogP contribution is 2.20. The molecule has 0 heterocycles. The summed E-state index contributed by atoms with van der Waals surface area (Å²) >= 11 is 5.63. The number of halogens is 2. The number of hydrogen-bond acceptors (Lipinski definition) is 2. The Kier molecular flexibility index (Phi) is 4.94. The van der Waals surface area contributed by atoms with E-state index in [2.05, 4.69) is 5.32 Å². The molecule has 0 bridgehead atoms. The standard InChI is InChI=1S/C16H15ClFNO2/c1-10-4-2-3-5-12(10)16(21)19-15(9-20)11-6-7-13(17)14(18)8-11/h2-8,15,20H,9H2,1H3,(H,19,21). The summed E-state index contributed by atoms with van der Waals surface area (Å²) in [5, 5.41) is 12.1. The molecular formula is C16H15ClFNO2. The van der Waals surface area contributed by atoms with Gasteiger partial charge in [0.1, 0.15) is 5.82 Å². The van der Waals surface area contributed by atoms with Gasteiger partial charge < -0.3 is 10.4 Å². The average Bonchev–Trinajstić information content (AvgIpc) is 2.48. The number of aryl methyl sites for hydroxylation is 1. The van der Waals surface area contributed by atoms with Crippen molar-refractivity contribution in [2.45, 2.75) is 13.0 Å². The Morgan fingerprint density at radius 3 is 2.67 bits per heavy atom. The lowest BCUT2D eigenvalue weighted by atomic mass is 10.0. The van der Waals surface area contributed by atoms with Gasteiger partial charge in [-0.3, -0.25) is 4.79 Å². The van der Waals surface area contributed by atoms with Gasteiger partial charge in [-0.2, -0.15) is 0 Å². The number of nitrogens with one attached hydrogen (secondary N) is 1. The second-order valence-electron chi connectivity index (χ2n) is 4.70. The van der Waals surface area contributed by atoms with Crippen LogP contribution in [0, 0.1) is 12.7 Å². The fraction of sp³-hybridized carbons (Fsp3) is 0.188. The van der Waals surface area contributed by atoms with Crippen molar-refractivity contribution in [3.8, 4) is 0 Å². The molecule has 0 aliphatic heterocycles. The van der Waals surface area contributed by atoms with Crippen LogP contribution < -0.4 is 5.32 Å². The van der Waals surface area contributed by atoms with Crippen LogP contribution in [-0.4, -0.2) is 17.6 Å². The molecule has 5 heteroatoms. The Hall–Kier alpha value is -1.91. The predicted octanol–water partition coefficient (Wildman–Crippen LogP) is 3.25. The summed E-state index contributed by atoms with van der Waals surface area (Å²) in [7, 11) is 0. The minimum Gasteiger partial charge on any atom is -0.394 e. The molecule has 0 aliphatic rings. The van der Waals surface area contributed by atoms with E-state index in [0.717, 1.165) is 5.56 Å². The molecule has 0 aliphatic carbocycles. The Labute approximate surface area is 127 Å². The van der Waals surface area contributed by atoms with Gasteiger partial charge >= 0.3 is 0 Å². The van der Waals surface area contributed by atoms with E-state index < -0.39 is 11.9 Å². The Morgan fingerprint density at radius 1 is 1.33 bits per heavy atom. The number of benzene rings is 2. The largest absolute Gasteiger partial charge is 0.394 e. The van der Waals surface area contributed by atoms with Gasteiger partial charge in [0.25, 0.3) is 5.91 Å². The fourth-order valence-electron chi connectivity index (χ4n) is 2.03. The van der Waals surface area contributed by atoms with Gasteiger partial charge in [0.05, 0.1) is 17.7 Å². The van der Waals surface area contributed by atoms with Crippen LogP contribution in [0.3, 0.4) is 0 Å². The van der Waals surface area contributed by atoms with Crippen LogP contribution in [0.15, 0.2) is 42.5 Å². The molecule has 2 rings (SSSR count). The zero-order valence-corrected chi connectivity index (χ0v) is 12.2. The third-order valence-electron chi connectivity index (χ3n) is 3.22. The average molecular weight is 308 g/mol. The van der Waals surface area contributed by atoms with E-state index in [4.69, 9.17) is 11.6 Å². The number of carbonyl (C=O) groups excluding carboxylic acids is 1. The van der Waals surface area contributed by atoms with Crippen molar-refractivity contribution in [1.82, 2.24) is 5.32 Å². The lowest BCUT2D eigenvalue weighted by Gasteiger charge is -2.18. The van der Waals surface area contributed by atoms with Crippen LogP contribution in [0.1, 0.15) is 27.5 Å². The highest BCUT2D eigenvalue weighted by atomic mass is 35.5. The minimum atomic E-state index is -0.691. The van der Waals surface area contributed by atoms with Crippen LogP contribution in [-0.2, 0) is 0 Å². The first-order valence-electron chi connectivity index (χ1n) is 6.45. The zero-order valence-electron chi connectivity index (χ0n) is 11.4. The van der Waals surface area contributed by atoms with E-state index in [1.54, 1.807) is 18.2 Å². The molecule has 1 amide bonds. The van der Waals surface area contributed by atoms with E-state index in [-0.39, 0.29) is 17.5 Å². The topological polar surface area (TPSA) is 49.3 Å². The molecule has 0 saturated carbocycles. The Morgan fingerprint density at radius 2 is 2.05 bits per heavy atom. The van der Waals surface area contributed by atoms with E-state index in [9.17, 15) is 14.3 Å². The minimum absolute atomic E-state index is 0.000621. The zero-order chi connectivity index (χ0) is 15.4. The van der Waals surface area contributed by atoms with Crippen molar-refractivity contribution in [2.75, 3.05) is 6.61 Å². The quantitative estimate of drug-likeness (QED) is 0.911. The number of amides is 1. The summed E-state index contributed by atoms with van der Waals surface area (Å²) in [5.74, 6) is -0.903. The SMILES string of the molecule is Cc1ccccc1C(=O)NC(CO)c1ccc(Cl)c(F)c1. The van der Waals surface area contributed by atoms with Crippen molar-refractivity contribution in [3.05, 3.63) is 70.0 Å². The molecule has 2 N–H and O–H groups in total. The summed E-state index contributed by atoms with van der Waals surface area (Å²) < 4.78 is 13.5. The molecular weight excluding hydrogens is 293 g/mol. The van der Waals surface area contributed by atoms with Crippen molar-refractivity contribution < 1.29 is 14.3 Å². The van der Waals surface area contributed by atoms with Gasteiger partial charge in [-0.1, -0.05) is 35.9 Å². The molecule has 2 aromatic carbocycles. The van der Waals surface area contributed by atoms with Gasteiger partial charge in [-0.25, -0.2) is 4.39 Å². The molecule has 1 atom stereocenters. The van der Waals surface area contributed by atoms with E-state index in [1.165, 1.54) is 12.1 Å². The summed E-state index contributed by atoms with van der Waals surface area (Å²) in [6, 6.07) is 10.6. The summed E-state index contributed by atoms with van der Waals surface area (Å²) in [6.07, 6.45) is 0. The van der Waals surface area contributed by atoms with Gasteiger partial charge in [0, 0.05) is 5.56 Å². The molecule has 3 nitrogen and oxygen atoms in total. The second kappa shape index (κ2) is 6.70. The van der Waals surface area contributed by atoms with Gasteiger partial charge in [0.2, 0.25) is 0 Å². The lowest BCUT2D eigenvalue weighted by molar-refractivity contribution is 0.0915. The first-order valence-corrected chi connectivity index (χ1v) is 6.83. The molecule has 21 heavy (non-hydrogen) atoms. The van der Waals surface area contributed by atoms with Crippen LogP contribution in [0.2, 0.25) is 5.02 Å². The second-order valence-corrected chi connectivity index (χ2v) is 5.10. The first kappa shape index (κ1) is 15.5. The number of aliphatic hydroxyl groups excluding tert-OH is 1. The first-order chi connectivity index (χ1) is 10.0. The Bertz CT molecular complexity index is 660. The normalized spacial score (nSPS) is 12.0. The van der Waals surface area contributed by atoms with Gasteiger partial charge in [0.15, 0.2) is 0 Å². The lowest BCUT2D eigenvalue weighted by Crippen LogP contribution is -2.31. The van der Waals surface area contributed by atoms with Crippen molar-refractivity contribution in [3.63, 3.8) is 0 Å². The summed E-state index contributed by atoms with van der Waals surface area (Å²) in [6.45, 7) is 1.49. The number of hydrogen-bond donors (Lipinski definition) is 2. The van der Waals surface area contributed by atoms with E-state index >= 15 is 0 Å². The van der Waals surface area contributed by atoms with Gasteiger partial charge in [-0.05, 0) is 36.2 Å². The third kappa shape index (κ3) is 3.60. The van der Waals surface area contributed by atoms with Crippen molar-refractivity contribution >= 4 is 17.5 Å². The van der Waals surface area contributed by atoms with E-state index in [1.807, 2.05) is 19.1 Å². The smallest absolute Gasteiger partial charge is 0.252 e. The number of aliphatic hydroxyl groups is 1. The predicted molar refractivity (Wildman–Crippen MR) is 79.9 cm³/mol. The fourth-order valence-corrected chi connectivity index (χ4v) is 2.14. The highest BCUT2D eigenvalue weighted by molar-refractivity contribution is 6.30. The molecule has 0 saturated heterocycles. The number of rotatable bonds is 4. The summed E-state index contributed by atoms with van der Waals surface area (Å²) in [4.78, 5) is 12.2. The third-order valence-corrected chi connectivity index (χ3v) is 3.53. The monoisotopic (exact) mass is 307 g/mol. The molecule has 2 aromatic rings. The van der Waals surface area contributed by atoms with Crippen LogP contribution in [0.5, 0.6) is 0 Å². The van der Waals surface area contributed by atoms with Crippen molar-refractivity contribution in [1.29, 1.82) is 0 Å². The molecule has 110 valence electrons. The maximum Gasteiger partial charge on any atom is 0.252 e. The van der Waals surface area contributed by atoms with Gasteiger partial charge in [-0.15, -0.1) is 0 Å². The number of carbonyl (C=O) groups is 1. The molecule has 0 spiro atoms. The molecule has 1 unspecified atom stereocenters. The van der Waals surface area contributed by atoms with Crippen LogP contribution in [0.25, 0.3) is 0 Å². The Balaban J connectivity index is 2.21. The molecule has 0 radical (unpaired) electrons. The van der Waals surface area contributed by atoms with E-state index in [0.29, 0.717) is 11.1 Å². The maximum absolute atomic E-state index is 13.5. The maximum atomic E-state index is 13.5. The highest BCUT2D eigenvalue weighted by Gasteiger charge is 2.17. The van der Waals surface area contributed by atoms with Crippen molar-refractivity contribution in [2.24, 2.45) is 0 Å².